The summed E-state index contributed by atoms with van der Waals surface area (Å²) in [5, 5.41) is 13.7. The Morgan fingerprint density at radius 3 is 3.17 bits per heavy atom. The van der Waals surface area contributed by atoms with E-state index in [1.165, 1.54) is 0 Å². The van der Waals surface area contributed by atoms with Gasteiger partial charge in [-0.1, -0.05) is 6.92 Å². The van der Waals surface area contributed by atoms with Gasteiger partial charge in [0.05, 0.1) is 25.0 Å². The van der Waals surface area contributed by atoms with E-state index >= 15 is 0 Å². The van der Waals surface area contributed by atoms with Crippen LogP contribution in [0, 0.1) is 0 Å². The fraction of sp³-hybridized carbons (Fsp3) is 0.769. The van der Waals surface area contributed by atoms with Gasteiger partial charge in [0.25, 0.3) is 0 Å². The standard InChI is InChI=1S/C13H23N3O2/c1-3-11(2)16-5-4-12(14-16)8-15-6-7-18-13(9-15)10-17/h4-5,11,13,17H,3,6-10H2,1-2H3. The fourth-order valence-electron chi connectivity index (χ4n) is 2.16. The molecule has 1 aliphatic heterocycles. The molecule has 0 saturated carbocycles. The molecule has 2 unspecified atom stereocenters. The van der Waals surface area contributed by atoms with Crippen LogP contribution >= 0.6 is 0 Å². The third-order valence-electron chi connectivity index (χ3n) is 3.52. The summed E-state index contributed by atoms with van der Waals surface area (Å²) in [6, 6.07) is 2.53. The summed E-state index contributed by atoms with van der Waals surface area (Å²) in [6.45, 7) is 7.66. The number of hydrogen-bond donors (Lipinski definition) is 1. The van der Waals surface area contributed by atoms with Gasteiger partial charge in [0.2, 0.25) is 0 Å². The molecule has 1 N–H and O–H groups in total. The molecule has 5 nitrogen and oxygen atoms in total. The maximum Gasteiger partial charge on any atom is 0.0933 e. The molecule has 0 aromatic carbocycles. The number of ether oxygens (including phenoxy) is 1. The van der Waals surface area contributed by atoms with Crippen molar-refractivity contribution in [3.8, 4) is 0 Å². The molecule has 5 heteroatoms. The van der Waals surface area contributed by atoms with Crippen LogP contribution in [0.15, 0.2) is 12.3 Å². The predicted molar refractivity (Wildman–Crippen MR) is 69.3 cm³/mol. The lowest BCUT2D eigenvalue weighted by Gasteiger charge is -2.31. The predicted octanol–water partition coefficient (Wildman–Crippen LogP) is 1.05. The zero-order valence-corrected chi connectivity index (χ0v) is 11.2. The van der Waals surface area contributed by atoms with Gasteiger partial charge in [-0.05, 0) is 19.4 Å². The zero-order chi connectivity index (χ0) is 13.0. The minimum atomic E-state index is -0.0459. The summed E-state index contributed by atoms with van der Waals surface area (Å²) in [7, 11) is 0. The average molecular weight is 253 g/mol. The Morgan fingerprint density at radius 1 is 1.61 bits per heavy atom. The molecule has 0 spiro atoms. The van der Waals surface area contributed by atoms with Crippen LogP contribution in [0.4, 0.5) is 0 Å². The van der Waals surface area contributed by atoms with E-state index in [4.69, 9.17) is 9.84 Å². The van der Waals surface area contributed by atoms with Gasteiger partial charge in [0.1, 0.15) is 0 Å². The number of aliphatic hydroxyl groups excluding tert-OH is 1. The summed E-state index contributed by atoms with van der Waals surface area (Å²) in [6.07, 6.45) is 3.09. The van der Waals surface area contributed by atoms with Gasteiger partial charge in [-0.3, -0.25) is 9.58 Å². The van der Waals surface area contributed by atoms with Crippen molar-refractivity contribution in [2.24, 2.45) is 0 Å². The van der Waals surface area contributed by atoms with Gasteiger partial charge in [-0.15, -0.1) is 0 Å². The van der Waals surface area contributed by atoms with Crippen molar-refractivity contribution in [1.82, 2.24) is 14.7 Å². The Hall–Kier alpha value is -0.910. The molecule has 18 heavy (non-hydrogen) atoms. The fourth-order valence-corrected chi connectivity index (χ4v) is 2.16. The van der Waals surface area contributed by atoms with Crippen LogP contribution in [0.5, 0.6) is 0 Å². The second-order valence-corrected chi connectivity index (χ2v) is 4.95. The number of hydrogen-bond acceptors (Lipinski definition) is 4. The SMILES string of the molecule is CCC(C)n1ccc(CN2CCOC(CO)C2)n1. The van der Waals surface area contributed by atoms with E-state index in [2.05, 4.69) is 29.9 Å². The maximum atomic E-state index is 9.11. The first kappa shape index (κ1) is 13.5. The van der Waals surface area contributed by atoms with Crippen LogP contribution in [-0.4, -0.2) is 52.2 Å². The Balaban J connectivity index is 1.90. The highest BCUT2D eigenvalue weighted by Gasteiger charge is 2.20. The van der Waals surface area contributed by atoms with E-state index in [-0.39, 0.29) is 12.7 Å². The molecular weight excluding hydrogens is 230 g/mol. The Morgan fingerprint density at radius 2 is 2.44 bits per heavy atom. The molecule has 2 rings (SSSR count). The van der Waals surface area contributed by atoms with Gasteiger partial charge in [0.15, 0.2) is 0 Å². The van der Waals surface area contributed by atoms with Crippen molar-refractivity contribution in [3.05, 3.63) is 18.0 Å². The summed E-state index contributed by atoms with van der Waals surface area (Å²) >= 11 is 0. The van der Waals surface area contributed by atoms with E-state index in [1.54, 1.807) is 0 Å². The first-order valence-corrected chi connectivity index (χ1v) is 6.71. The third kappa shape index (κ3) is 3.31. The van der Waals surface area contributed by atoms with E-state index in [0.29, 0.717) is 12.6 Å². The highest BCUT2D eigenvalue weighted by atomic mass is 16.5. The highest BCUT2D eigenvalue weighted by Crippen LogP contribution is 2.12. The quantitative estimate of drug-likeness (QED) is 0.852. The minimum absolute atomic E-state index is 0.0459. The molecule has 0 radical (unpaired) electrons. The first-order valence-electron chi connectivity index (χ1n) is 6.71. The molecule has 2 atom stereocenters. The van der Waals surface area contributed by atoms with E-state index in [0.717, 1.165) is 31.7 Å². The zero-order valence-electron chi connectivity index (χ0n) is 11.2. The third-order valence-corrected chi connectivity index (χ3v) is 3.52. The second-order valence-electron chi connectivity index (χ2n) is 4.95. The van der Waals surface area contributed by atoms with Crippen molar-refractivity contribution >= 4 is 0 Å². The second kappa shape index (κ2) is 6.31. The molecule has 2 heterocycles. The van der Waals surface area contributed by atoms with Gasteiger partial charge in [-0.25, -0.2) is 0 Å². The van der Waals surface area contributed by atoms with E-state index < -0.39 is 0 Å². The number of morpholine rings is 1. The summed E-state index contributed by atoms with van der Waals surface area (Å²) in [5.74, 6) is 0. The van der Waals surface area contributed by atoms with E-state index in [1.807, 2.05) is 10.9 Å². The molecule has 102 valence electrons. The number of rotatable bonds is 5. The summed E-state index contributed by atoms with van der Waals surface area (Å²) in [4.78, 5) is 2.29. The van der Waals surface area contributed by atoms with Crippen LogP contribution in [0.1, 0.15) is 32.0 Å². The van der Waals surface area contributed by atoms with Crippen LogP contribution in [0.25, 0.3) is 0 Å². The Labute approximate surface area is 108 Å². The normalized spacial score (nSPS) is 23.2. The number of aromatic nitrogens is 2. The Bertz CT molecular complexity index is 367. The van der Waals surface area contributed by atoms with Gasteiger partial charge in [0, 0.05) is 31.9 Å². The highest BCUT2D eigenvalue weighted by molar-refractivity contribution is 5.00. The molecule has 1 aromatic heterocycles. The van der Waals surface area contributed by atoms with Crippen molar-refractivity contribution in [2.45, 2.75) is 39.0 Å². The summed E-state index contributed by atoms with van der Waals surface area (Å²) < 4.78 is 7.47. The maximum absolute atomic E-state index is 9.11. The largest absolute Gasteiger partial charge is 0.394 e. The lowest BCUT2D eigenvalue weighted by Crippen LogP contribution is -2.43. The lowest BCUT2D eigenvalue weighted by molar-refractivity contribution is -0.0554. The van der Waals surface area contributed by atoms with Gasteiger partial charge >= 0.3 is 0 Å². The summed E-state index contributed by atoms with van der Waals surface area (Å²) in [5.41, 5.74) is 1.09. The van der Waals surface area contributed by atoms with E-state index in [9.17, 15) is 0 Å². The average Bonchev–Trinajstić information content (AvgIpc) is 2.86. The minimum Gasteiger partial charge on any atom is -0.394 e. The molecule has 1 aliphatic rings. The molecule has 1 fully saturated rings. The van der Waals surface area contributed by atoms with Crippen molar-refractivity contribution in [3.63, 3.8) is 0 Å². The topological polar surface area (TPSA) is 50.5 Å². The van der Waals surface area contributed by atoms with Crippen LogP contribution in [0.3, 0.4) is 0 Å². The monoisotopic (exact) mass is 253 g/mol. The van der Waals surface area contributed by atoms with Crippen LogP contribution in [-0.2, 0) is 11.3 Å². The molecule has 0 bridgehead atoms. The van der Waals surface area contributed by atoms with Gasteiger partial charge in [-0.2, -0.15) is 5.10 Å². The molecule has 1 saturated heterocycles. The number of nitrogens with zero attached hydrogens (tertiary/aromatic N) is 3. The smallest absolute Gasteiger partial charge is 0.0933 e. The van der Waals surface area contributed by atoms with Crippen molar-refractivity contribution in [1.29, 1.82) is 0 Å². The molecule has 1 aromatic rings. The van der Waals surface area contributed by atoms with Crippen LogP contribution in [0.2, 0.25) is 0 Å². The Kier molecular flexibility index (Phi) is 4.74. The van der Waals surface area contributed by atoms with Gasteiger partial charge < -0.3 is 9.84 Å². The van der Waals surface area contributed by atoms with Crippen LogP contribution < -0.4 is 0 Å². The lowest BCUT2D eigenvalue weighted by atomic mass is 10.2. The number of aliphatic hydroxyl groups is 1. The first-order chi connectivity index (χ1) is 8.72. The van der Waals surface area contributed by atoms with Crippen molar-refractivity contribution < 1.29 is 9.84 Å². The molecule has 0 aliphatic carbocycles. The van der Waals surface area contributed by atoms with Crippen molar-refractivity contribution in [2.75, 3.05) is 26.3 Å². The molecule has 0 amide bonds. The molecular formula is C13H23N3O2.